The SMILES string of the molecule is C[CH](C)[Ga]([CH](C)C)[CH](C)C. The van der Waals surface area contributed by atoms with E-state index in [1.807, 2.05) is 0 Å². The Labute approximate surface area is 71.4 Å². The second kappa shape index (κ2) is 4.50. The Hall–Kier alpha value is 0.636. The zero-order valence-electron chi connectivity index (χ0n) is 8.31. The zero-order chi connectivity index (χ0) is 8.31. The van der Waals surface area contributed by atoms with Crippen molar-refractivity contribution in [3.63, 3.8) is 0 Å². The van der Waals surface area contributed by atoms with Crippen LogP contribution in [-0.2, 0) is 0 Å². The van der Waals surface area contributed by atoms with Crippen molar-refractivity contribution in [2.75, 3.05) is 0 Å². The Balaban J connectivity index is 3.98. The molecule has 0 bridgehead atoms. The molecule has 1 heteroatoms. The predicted molar refractivity (Wildman–Crippen MR) is 51.0 cm³/mol. The summed E-state index contributed by atoms with van der Waals surface area (Å²) in [6.07, 6.45) is 0. The molecule has 0 unspecified atom stereocenters. The van der Waals surface area contributed by atoms with E-state index in [1.165, 1.54) is 0 Å². The molecule has 0 aromatic heterocycles. The van der Waals surface area contributed by atoms with Crippen LogP contribution in [0.5, 0.6) is 0 Å². The van der Waals surface area contributed by atoms with E-state index in [-0.39, 0.29) is 0 Å². The summed E-state index contributed by atoms with van der Waals surface area (Å²) in [6, 6.07) is 0. The van der Waals surface area contributed by atoms with Crippen LogP contribution < -0.4 is 0 Å². The van der Waals surface area contributed by atoms with Gasteiger partial charge in [-0.15, -0.1) is 0 Å². The molecule has 60 valence electrons. The van der Waals surface area contributed by atoms with Gasteiger partial charge in [0.15, 0.2) is 0 Å². The summed E-state index contributed by atoms with van der Waals surface area (Å²) < 4.78 is 3.06. The fourth-order valence-electron chi connectivity index (χ4n) is 2.31. The van der Waals surface area contributed by atoms with Crippen LogP contribution in [0.3, 0.4) is 0 Å². The fourth-order valence-corrected chi connectivity index (χ4v) is 12.0. The van der Waals surface area contributed by atoms with E-state index >= 15 is 0 Å². The van der Waals surface area contributed by atoms with Crippen LogP contribution in [0.15, 0.2) is 0 Å². The average molecular weight is 199 g/mol. The summed E-state index contributed by atoms with van der Waals surface area (Å²) in [4.78, 5) is 0. The van der Waals surface area contributed by atoms with E-state index in [0.29, 0.717) is 0 Å². The summed E-state index contributed by atoms with van der Waals surface area (Å²) >= 11 is -0.924. The Morgan fingerprint density at radius 2 is 0.800 bits per heavy atom. The third-order valence-electron chi connectivity index (χ3n) is 2.31. The molecular weight excluding hydrogens is 178 g/mol. The van der Waals surface area contributed by atoms with Crippen LogP contribution in [-0.4, -0.2) is 16.2 Å². The number of rotatable bonds is 3. The predicted octanol–water partition coefficient (Wildman–Crippen LogP) is 3.71. The van der Waals surface area contributed by atoms with Crippen molar-refractivity contribution in [2.24, 2.45) is 0 Å². The van der Waals surface area contributed by atoms with Crippen molar-refractivity contribution in [1.82, 2.24) is 0 Å². The first-order valence-electron chi connectivity index (χ1n) is 4.46. The molecule has 0 aliphatic heterocycles. The van der Waals surface area contributed by atoms with Gasteiger partial charge in [-0.25, -0.2) is 0 Å². The number of hydrogen-bond acceptors (Lipinski definition) is 0. The summed E-state index contributed by atoms with van der Waals surface area (Å²) in [6.45, 7) is 14.4. The third kappa shape index (κ3) is 3.15. The standard InChI is InChI=1S/3C3H7.Ga/c3*1-3-2;/h3*3H,1-2H3;. The van der Waals surface area contributed by atoms with Gasteiger partial charge in [0, 0.05) is 0 Å². The molecule has 0 N–H and O–H groups in total. The van der Waals surface area contributed by atoms with Crippen molar-refractivity contribution in [2.45, 2.75) is 55.0 Å². The molecule has 0 aliphatic rings. The monoisotopic (exact) mass is 198 g/mol. The maximum absolute atomic E-state index is 2.41. The van der Waals surface area contributed by atoms with Crippen LogP contribution in [0.2, 0.25) is 13.4 Å². The molecular formula is C9H21Ga. The first kappa shape index (κ1) is 10.6. The normalized spacial score (nSPS) is 11.7. The molecule has 0 fully saturated rings. The molecule has 0 aromatic carbocycles. The molecule has 0 atom stereocenters. The van der Waals surface area contributed by atoms with Crippen molar-refractivity contribution in [3.05, 3.63) is 0 Å². The van der Waals surface area contributed by atoms with Crippen molar-refractivity contribution < 1.29 is 0 Å². The van der Waals surface area contributed by atoms with E-state index in [0.717, 1.165) is 13.4 Å². The Bertz CT molecular complexity index is 65.7. The van der Waals surface area contributed by atoms with Gasteiger partial charge in [-0.3, -0.25) is 0 Å². The van der Waals surface area contributed by atoms with E-state index < -0.39 is 16.2 Å². The van der Waals surface area contributed by atoms with E-state index in [1.54, 1.807) is 0 Å². The van der Waals surface area contributed by atoms with E-state index in [9.17, 15) is 0 Å². The van der Waals surface area contributed by atoms with Crippen LogP contribution in [0.1, 0.15) is 41.5 Å². The minimum atomic E-state index is -0.924. The molecule has 0 saturated heterocycles. The number of hydrogen-bond donors (Lipinski definition) is 0. The third-order valence-corrected chi connectivity index (χ3v) is 12.0. The summed E-state index contributed by atoms with van der Waals surface area (Å²) in [5.41, 5.74) is 0. The fraction of sp³-hybridized carbons (Fsp3) is 1.00. The Morgan fingerprint density at radius 3 is 0.800 bits per heavy atom. The van der Waals surface area contributed by atoms with Gasteiger partial charge in [-0.2, -0.15) is 0 Å². The van der Waals surface area contributed by atoms with Crippen LogP contribution in [0.25, 0.3) is 0 Å². The zero-order valence-corrected chi connectivity index (χ0v) is 10.7. The molecule has 0 amide bonds. The van der Waals surface area contributed by atoms with Gasteiger partial charge >= 0.3 is 71.2 Å². The van der Waals surface area contributed by atoms with E-state index in [4.69, 9.17) is 0 Å². The Kier molecular flexibility index (Phi) is 4.79. The molecule has 10 heavy (non-hydrogen) atoms. The molecule has 0 aliphatic carbocycles. The first-order valence-corrected chi connectivity index (χ1v) is 8.66. The van der Waals surface area contributed by atoms with Gasteiger partial charge < -0.3 is 0 Å². The van der Waals surface area contributed by atoms with Crippen molar-refractivity contribution >= 4 is 16.2 Å². The van der Waals surface area contributed by atoms with Gasteiger partial charge in [0.05, 0.1) is 0 Å². The van der Waals surface area contributed by atoms with Crippen molar-refractivity contribution in [3.8, 4) is 0 Å². The quantitative estimate of drug-likeness (QED) is 0.607. The molecule has 0 radical (unpaired) electrons. The molecule has 0 aromatic rings. The molecule has 0 saturated carbocycles. The Morgan fingerprint density at radius 1 is 0.600 bits per heavy atom. The topological polar surface area (TPSA) is 0 Å². The van der Waals surface area contributed by atoms with Gasteiger partial charge in [0.25, 0.3) is 0 Å². The van der Waals surface area contributed by atoms with Crippen molar-refractivity contribution in [1.29, 1.82) is 0 Å². The summed E-state index contributed by atoms with van der Waals surface area (Å²) in [5, 5.41) is 0. The van der Waals surface area contributed by atoms with Gasteiger partial charge in [0.1, 0.15) is 0 Å². The van der Waals surface area contributed by atoms with E-state index in [2.05, 4.69) is 41.5 Å². The second-order valence-corrected chi connectivity index (χ2v) is 15.1. The summed E-state index contributed by atoms with van der Waals surface area (Å²) in [7, 11) is 0. The molecule has 0 spiro atoms. The van der Waals surface area contributed by atoms with Crippen LogP contribution >= 0.6 is 0 Å². The van der Waals surface area contributed by atoms with Gasteiger partial charge in [0.2, 0.25) is 0 Å². The van der Waals surface area contributed by atoms with Gasteiger partial charge in [-0.05, 0) is 0 Å². The first-order chi connectivity index (χ1) is 4.46. The molecule has 0 heterocycles. The van der Waals surface area contributed by atoms with Crippen LogP contribution in [0.4, 0.5) is 0 Å². The molecule has 0 nitrogen and oxygen atoms in total. The second-order valence-electron chi connectivity index (χ2n) is 4.31. The average Bonchev–Trinajstić information content (AvgIpc) is 1.59. The minimum absolute atomic E-state index is 0.924. The maximum atomic E-state index is 2.41. The van der Waals surface area contributed by atoms with Crippen LogP contribution in [0, 0.1) is 0 Å². The summed E-state index contributed by atoms with van der Waals surface area (Å²) in [5.74, 6) is 0. The molecule has 0 rings (SSSR count). The van der Waals surface area contributed by atoms with Gasteiger partial charge in [-0.1, -0.05) is 0 Å².